The third kappa shape index (κ3) is 2.52. The van der Waals surface area contributed by atoms with Crippen LogP contribution >= 0.6 is 11.3 Å². The minimum Gasteiger partial charge on any atom is -0.477 e. The highest BCUT2D eigenvalue weighted by atomic mass is 32.1. The van der Waals surface area contributed by atoms with Gasteiger partial charge in [0.25, 0.3) is 0 Å². The molecule has 0 saturated carbocycles. The van der Waals surface area contributed by atoms with Gasteiger partial charge >= 0.3 is 5.97 Å². The molecule has 0 bridgehead atoms. The number of fused-ring (bicyclic) bond motifs is 1. The first-order chi connectivity index (χ1) is 10.2. The Labute approximate surface area is 123 Å². The van der Waals surface area contributed by atoms with Crippen LogP contribution in [0.1, 0.15) is 20.9 Å². The molecule has 3 aromatic rings. The molecule has 3 heterocycles. The van der Waals surface area contributed by atoms with Gasteiger partial charge in [-0.2, -0.15) is 10.2 Å². The number of anilines is 1. The van der Waals surface area contributed by atoms with Crippen molar-refractivity contribution in [2.75, 3.05) is 5.32 Å². The molecule has 3 rings (SSSR count). The molecule has 0 atom stereocenters. The minimum absolute atomic E-state index is 0.285. The standard InChI is InChI=1S/C13H11N5O2S/c1-7-9-11(14-5-8-3-2-4-17-18-8)15-6-16-12(9)21-10(7)13(19)20/h2-4,6H,5H2,1H3,(H,19,20)(H,14,15,16). The van der Waals surface area contributed by atoms with Gasteiger partial charge in [-0.1, -0.05) is 0 Å². The van der Waals surface area contributed by atoms with Crippen LogP contribution < -0.4 is 5.32 Å². The molecule has 0 amide bonds. The van der Waals surface area contributed by atoms with E-state index < -0.39 is 5.97 Å². The average molecular weight is 301 g/mol. The van der Waals surface area contributed by atoms with Crippen LogP contribution in [0, 0.1) is 6.92 Å². The van der Waals surface area contributed by atoms with E-state index >= 15 is 0 Å². The predicted octanol–water partition coefficient (Wildman–Crippen LogP) is 2.10. The number of aryl methyl sites for hydroxylation is 1. The van der Waals surface area contributed by atoms with E-state index in [1.807, 2.05) is 6.07 Å². The van der Waals surface area contributed by atoms with E-state index in [9.17, 15) is 9.90 Å². The van der Waals surface area contributed by atoms with Crippen LogP contribution in [0.2, 0.25) is 0 Å². The monoisotopic (exact) mass is 301 g/mol. The number of thiophene rings is 1. The molecule has 0 aromatic carbocycles. The predicted molar refractivity (Wildman–Crippen MR) is 78.5 cm³/mol. The molecule has 8 heteroatoms. The minimum atomic E-state index is -0.949. The average Bonchev–Trinajstić information content (AvgIpc) is 2.84. The summed E-state index contributed by atoms with van der Waals surface area (Å²) in [6, 6.07) is 3.65. The summed E-state index contributed by atoms with van der Waals surface area (Å²) in [5.74, 6) is -0.345. The number of nitrogens with zero attached hydrogens (tertiary/aromatic N) is 4. The molecule has 7 nitrogen and oxygen atoms in total. The van der Waals surface area contributed by atoms with Crippen LogP contribution in [-0.2, 0) is 6.54 Å². The molecule has 0 aliphatic rings. The van der Waals surface area contributed by atoms with E-state index in [0.717, 1.165) is 22.4 Å². The summed E-state index contributed by atoms with van der Waals surface area (Å²) in [5, 5.41) is 20.9. The van der Waals surface area contributed by atoms with Crippen molar-refractivity contribution in [2.45, 2.75) is 13.5 Å². The quantitative estimate of drug-likeness (QED) is 0.761. The van der Waals surface area contributed by atoms with E-state index in [2.05, 4.69) is 25.5 Å². The van der Waals surface area contributed by atoms with Crippen LogP contribution in [-0.4, -0.2) is 31.2 Å². The van der Waals surface area contributed by atoms with Crippen molar-refractivity contribution in [1.82, 2.24) is 20.2 Å². The summed E-state index contributed by atoms with van der Waals surface area (Å²) in [5.41, 5.74) is 1.44. The fourth-order valence-corrected chi connectivity index (χ4v) is 3.00. The third-order valence-electron chi connectivity index (χ3n) is 2.99. The highest BCUT2D eigenvalue weighted by molar-refractivity contribution is 7.20. The number of rotatable bonds is 4. The van der Waals surface area contributed by atoms with Crippen molar-refractivity contribution in [3.63, 3.8) is 0 Å². The van der Waals surface area contributed by atoms with Crippen molar-refractivity contribution in [2.24, 2.45) is 0 Å². The molecule has 0 saturated heterocycles. The van der Waals surface area contributed by atoms with Crippen molar-refractivity contribution in [3.8, 4) is 0 Å². The number of aromatic carboxylic acids is 1. The van der Waals surface area contributed by atoms with Gasteiger partial charge in [-0.05, 0) is 24.6 Å². The van der Waals surface area contributed by atoms with Gasteiger partial charge in [-0.3, -0.25) is 0 Å². The Morgan fingerprint density at radius 2 is 2.29 bits per heavy atom. The zero-order valence-electron chi connectivity index (χ0n) is 11.1. The summed E-state index contributed by atoms with van der Waals surface area (Å²) in [7, 11) is 0. The van der Waals surface area contributed by atoms with E-state index in [1.54, 1.807) is 19.2 Å². The Morgan fingerprint density at radius 3 is 3.00 bits per heavy atom. The lowest BCUT2D eigenvalue weighted by Crippen LogP contribution is -2.04. The van der Waals surface area contributed by atoms with Gasteiger partial charge in [0.15, 0.2) is 0 Å². The lowest BCUT2D eigenvalue weighted by molar-refractivity contribution is 0.0701. The number of nitrogens with one attached hydrogen (secondary N) is 1. The smallest absolute Gasteiger partial charge is 0.346 e. The molecule has 21 heavy (non-hydrogen) atoms. The zero-order valence-corrected chi connectivity index (χ0v) is 11.9. The molecule has 2 N–H and O–H groups in total. The summed E-state index contributed by atoms with van der Waals surface area (Å²) in [4.78, 5) is 20.5. The second-order valence-electron chi connectivity index (χ2n) is 4.33. The molecule has 106 valence electrons. The molecule has 0 aliphatic carbocycles. The van der Waals surface area contributed by atoms with Gasteiger partial charge in [-0.25, -0.2) is 14.8 Å². The first-order valence-electron chi connectivity index (χ1n) is 6.14. The normalized spacial score (nSPS) is 10.7. The third-order valence-corrected chi connectivity index (χ3v) is 4.17. The molecule has 0 unspecified atom stereocenters. The van der Waals surface area contributed by atoms with Gasteiger partial charge in [0.2, 0.25) is 0 Å². The van der Waals surface area contributed by atoms with Crippen LogP contribution in [0.25, 0.3) is 10.2 Å². The van der Waals surface area contributed by atoms with E-state index in [4.69, 9.17) is 0 Å². The number of carboxylic acid groups (broad SMARTS) is 1. The molecule has 0 spiro atoms. The number of aromatic nitrogens is 4. The molecule has 3 aromatic heterocycles. The lowest BCUT2D eigenvalue weighted by Gasteiger charge is -2.06. The topological polar surface area (TPSA) is 101 Å². The van der Waals surface area contributed by atoms with E-state index in [1.165, 1.54) is 6.33 Å². The van der Waals surface area contributed by atoms with Gasteiger partial charge in [0, 0.05) is 6.20 Å². The Hall–Kier alpha value is -2.61. The largest absolute Gasteiger partial charge is 0.477 e. The Morgan fingerprint density at radius 1 is 1.43 bits per heavy atom. The maximum atomic E-state index is 11.2. The fraction of sp³-hybridized carbons (Fsp3) is 0.154. The second kappa shape index (κ2) is 5.41. The van der Waals surface area contributed by atoms with Gasteiger partial charge < -0.3 is 10.4 Å². The van der Waals surface area contributed by atoms with Gasteiger partial charge in [-0.15, -0.1) is 11.3 Å². The molecular weight excluding hydrogens is 290 g/mol. The lowest BCUT2D eigenvalue weighted by atomic mass is 10.2. The molecule has 0 radical (unpaired) electrons. The second-order valence-corrected chi connectivity index (χ2v) is 5.33. The molecular formula is C13H11N5O2S. The summed E-state index contributed by atoms with van der Waals surface area (Å²) in [6.45, 7) is 2.22. The van der Waals surface area contributed by atoms with Crippen molar-refractivity contribution in [3.05, 3.63) is 40.8 Å². The van der Waals surface area contributed by atoms with Crippen LogP contribution in [0.15, 0.2) is 24.7 Å². The zero-order chi connectivity index (χ0) is 14.8. The SMILES string of the molecule is Cc1c(C(=O)O)sc2ncnc(NCc3cccnn3)c12. The van der Waals surface area contributed by atoms with Gasteiger partial charge in [0.05, 0.1) is 17.6 Å². The maximum Gasteiger partial charge on any atom is 0.346 e. The summed E-state index contributed by atoms with van der Waals surface area (Å²) in [6.07, 6.45) is 3.03. The number of hydrogen-bond acceptors (Lipinski definition) is 7. The Balaban J connectivity index is 1.97. The molecule has 0 aliphatic heterocycles. The van der Waals surface area contributed by atoms with Gasteiger partial charge in [0.1, 0.15) is 21.9 Å². The highest BCUT2D eigenvalue weighted by Crippen LogP contribution is 2.33. The Kier molecular flexibility index (Phi) is 3.44. The first kappa shape index (κ1) is 13.4. The van der Waals surface area contributed by atoms with Crippen molar-refractivity contribution < 1.29 is 9.90 Å². The van der Waals surface area contributed by atoms with Crippen molar-refractivity contribution >= 4 is 33.3 Å². The highest BCUT2D eigenvalue weighted by Gasteiger charge is 2.18. The van der Waals surface area contributed by atoms with Crippen LogP contribution in [0.3, 0.4) is 0 Å². The van der Waals surface area contributed by atoms with Crippen LogP contribution in [0.4, 0.5) is 5.82 Å². The first-order valence-corrected chi connectivity index (χ1v) is 6.96. The number of hydrogen-bond donors (Lipinski definition) is 2. The number of carbonyl (C=O) groups is 1. The molecule has 0 fully saturated rings. The van der Waals surface area contributed by atoms with E-state index in [0.29, 0.717) is 22.8 Å². The fourth-order valence-electron chi connectivity index (χ4n) is 2.01. The van der Waals surface area contributed by atoms with Crippen LogP contribution in [0.5, 0.6) is 0 Å². The summed E-state index contributed by atoms with van der Waals surface area (Å²) >= 11 is 1.15. The maximum absolute atomic E-state index is 11.2. The Bertz CT molecular complexity index is 803. The van der Waals surface area contributed by atoms with Crippen molar-refractivity contribution in [1.29, 1.82) is 0 Å². The summed E-state index contributed by atoms with van der Waals surface area (Å²) < 4.78 is 0. The number of carboxylic acids is 1. The van der Waals surface area contributed by atoms with E-state index in [-0.39, 0.29) is 4.88 Å².